The molecule has 0 radical (unpaired) electrons. The van der Waals surface area contributed by atoms with Crippen molar-refractivity contribution in [3.05, 3.63) is 68.3 Å². The monoisotopic (exact) mass is 447 g/mol. The summed E-state index contributed by atoms with van der Waals surface area (Å²) in [6.07, 6.45) is -3.28. The summed E-state index contributed by atoms with van der Waals surface area (Å²) in [5.41, 5.74) is -0.320. The van der Waals surface area contributed by atoms with Crippen LogP contribution in [0.1, 0.15) is 20.9 Å². The first-order valence-electron chi connectivity index (χ1n) is 7.17. The molecule has 2 heterocycles. The molecule has 3 aromatic rings. The fourth-order valence-corrected chi connectivity index (χ4v) is 3.27. The molecule has 0 bridgehead atoms. The van der Waals surface area contributed by atoms with Crippen LogP contribution < -0.4 is 5.32 Å². The number of aromatic nitrogens is 2. The maximum absolute atomic E-state index is 13.8. The lowest BCUT2D eigenvalue weighted by Gasteiger charge is -2.05. The second-order valence-electron chi connectivity index (χ2n) is 5.29. The molecule has 0 saturated carbocycles. The number of halogens is 5. The molecule has 136 valence electrons. The zero-order valence-electron chi connectivity index (χ0n) is 12.8. The summed E-state index contributed by atoms with van der Waals surface area (Å²) in [6, 6.07) is 6.66. The Hall–Kier alpha value is -2.20. The van der Waals surface area contributed by atoms with E-state index in [4.69, 9.17) is 0 Å². The highest BCUT2D eigenvalue weighted by atomic mass is 79.9. The molecular weight excluding hydrogens is 438 g/mol. The van der Waals surface area contributed by atoms with Gasteiger partial charge in [-0.3, -0.25) is 9.48 Å². The predicted molar refractivity (Wildman–Crippen MR) is 92.7 cm³/mol. The Balaban J connectivity index is 1.69. The number of hydrogen-bond donors (Lipinski definition) is 1. The number of rotatable bonds is 4. The van der Waals surface area contributed by atoms with Gasteiger partial charge in [0.15, 0.2) is 5.69 Å². The van der Waals surface area contributed by atoms with Crippen molar-refractivity contribution in [1.82, 2.24) is 9.78 Å². The summed E-state index contributed by atoms with van der Waals surface area (Å²) in [7, 11) is 0. The number of carbonyl (C=O) groups is 1. The summed E-state index contributed by atoms with van der Waals surface area (Å²) < 4.78 is 53.1. The maximum Gasteiger partial charge on any atom is 0.435 e. The van der Waals surface area contributed by atoms with Crippen molar-refractivity contribution in [1.29, 1.82) is 0 Å². The van der Waals surface area contributed by atoms with E-state index in [2.05, 4.69) is 26.3 Å². The van der Waals surface area contributed by atoms with Crippen LogP contribution in [-0.4, -0.2) is 15.7 Å². The van der Waals surface area contributed by atoms with E-state index in [-0.39, 0.29) is 12.2 Å². The van der Waals surface area contributed by atoms with Gasteiger partial charge in [0.05, 0.1) is 17.1 Å². The number of carbonyl (C=O) groups excluding carboxylic acids is 1. The molecule has 1 amide bonds. The minimum atomic E-state index is -4.50. The Labute approximate surface area is 157 Å². The Bertz CT molecular complexity index is 951. The maximum atomic E-state index is 13.8. The lowest BCUT2D eigenvalue weighted by atomic mass is 10.2. The second-order valence-corrected chi connectivity index (χ2v) is 7.12. The SMILES string of the molecule is O=C(Nc1ccc(Br)cc1F)c1cc(Cn2ccc(C(F)(F)F)n2)cs1. The number of anilines is 1. The van der Waals surface area contributed by atoms with E-state index < -0.39 is 23.6 Å². The first kappa shape index (κ1) is 18.6. The van der Waals surface area contributed by atoms with E-state index in [1.54, 1.807) is 11.4 Å². The van der Waals surface area contributed by atoms with Crippen LogP contribution in [0, 0.1) is 5.82 Å². The molecule has 0 aliphatic carbocycles. The van der Waals surface area contributed by atoms with Crippen molar-refractivity contribution in [2.75, 3.05) is 5.32 Å². The summed E-state index contributed by atoms with van der Waals surface area (Å²) in [4.78, 5) is 12.5. The molecule has 1 N–H and O–H groups in total. The molecule has 2 aromatic heterocycles. The Morgan fingerprint density at radius 1 is 1.27 bits per heavy atom. The summed E-state index contributed by atoms with van der Waals surface area (Å²) >= 11 is 4.24. The third kappa shape index (κ3) is 4.31. The van der Waals surface area contributed by atoms with E-state index in [9.17, 15) is 22.4 Å². The normalized spacial score (nSPS) is 11.6. The van der Waals surface area contributed by atoms with Crippen LogP contribution in [0.15, 0.2) is 46.4 Å². The van der Waals surface area contributed by atoms with Gasteiger partial charge in [-0.15, -0.1) is 11.3 Å². The fraction of sp³-hybridized carbons (Fsp3) is 0.125. The van der Waals surface area contributed by atoms with E-state index in [1.165, 1.54) is 24.4 Å². The van der Waals surface area contributed by atoms with Gasteiger partial charge in [0.2, 0.25) is 0 Å². The van der Waals surface area contributed by atoms with E-state index in [1.807, 2.05) is 0 Å². The van der Waals surface area contributed by atoms with Crippen molar-refractivity contribution in [3.8, 4) is 0 Å². The Kier molecular flexibility index (Phi) is 5.15. The predicted octanol–water partition coefficient (Wildman–Crippen LogP) is 5.17. The number of nitrogens with zero attached hydrogens (tertiary/aromatic N) is 2. The number of amides is 1. The molecule has 0 spiro atoms. The molecule has 0 aliphatic heterocycles. The highest BCUT2D eigenvalue weighted by molar-refractivity contribution is 9.10. The first-order valence-corrected chi connectivity index (χ1v) is 8.84. The van der Waals surface area contributed by atoms with Gasteiger partial charge in [-0.05, 0) is 41.3 Å². The first-order chi connectivity index (χ1) is 12.2. The van der Waals surface area contributed by atoms with Crippen molar-refractivity contribution < 1.29 is 22.4 Å². The van der Waals surface area contributed by atoms with Crippen LogP contribution in [0.2, 0.25) is 0 Å². The molecule has 3 rings (SSSR count). The van der Waals surface area contributed by atoms with Gasteiger partial charge in [-0.25, -0.2) is 4.39 Å². The Morgan fingerprint density at radius 2 is 2.04 bits per heavy atom. The molecule has 26 heavy (non-hydrogen) atoms. The molecular formula is C16H10BrF4N3OS. The molecule has 0 aliphatic rings. The fourth-order valence-electron chi connectivity index (χ4n) is 2.14. The second kappa shape index (κ2) is 7.20. The molecule has 1 aromatic carbocycles. The summed E-state index contributed by atoms with van der Waals surface area (Å²) in [6.45, 7) is 0.0898. The van der Waals surface area contributed by atoms with Crippen molar-refractivity contribution in [2.24, 2.45) is 0 Å². The average Bonchev–Trinajstić information content (AvgIpc) is 3.19. The quantitative estimate of drug-likeness (QED) is 0.561. The minimum absolute atomic E-state index is 0.0371. The Morgan fingerprint density at radius 3 is 2.69 bits per heavy atom. The standard InChI is InChI=1S/C16H10BrF4N3OS/c17-10-1-2-12(11(18)6-10)22-15(25)13-5-9(8-26-13)7-24-4-3-14(23-24)16(19,20)21/h1-6,8H,7H2,(H,22,25). The van der Waals surface area contributed by atoms with Gasteiger partial charge in [-0.2, -0.15) is 18.3 Å². The van der Waals surface area contributed by atoms with Gasteiger partial charge in [-0.1, -0.05) is 15.9 Å². The third-order valence-electron chi connectivity index (χ3n) is 3.33. The average molecular weight is 448 g/mol. The van der Waals surface area contributed by atoms with Gasteiger partial charge in [0, 0.05) is 10.7 Å². The summed E-state index contributed by atoms with van der Waals surface area (Å²) in [5, 5.41) is 7.56. The van der Waals surface area contributed by atoms with Crippen LogP contribution in [0.4, 0.5) is 23.2 Å². The minimum Gasteiger partial charge on any atom is -0.319 e. The molecule has 4 nitrogen and oxygen atoms in total. The number of alkyl halides is 3. The number of thiophene rings is 1. The van der Waals surface area contributed by atoms with Crippen molar-refractivity contribution >= 4 is 38.9 Å². The van der Waals surface area contributed by atoms with Gasteiger partial charge >= 0.3 is 6.18 Å². The van der Waals surface area contributed by atoms with Crippen molar-refractivity contribution in [3.63, 3.8) is 0 Å². The number of nitrogens with one attached hydrogen (secondary N) is 1. The number of benzene rings is 1. The zero-order valence-corrected chi connectivity index (χ0v) is 15.3. The van der Waals surface area contributed by atoms with Crippen LogP contribution in [-0.2, 0) is 12.7 Å². The highest BCUT2D eigenvalue weighted by Crippen LogP contribution is 2.27. The van der Waals surface area contributed by atoms with Crippen LogP contribution in [0.3, 0.4) is 0 Å². The largest absolute Gasteiger partial charge is 0.435 e. The molecule has 0 fully saturated rings. The van der Waals surface area contributed by atoms with Gasteiger partial charge in [0.1, 0.15) is 5.82 Å². The molecule has 0 atom stereocenters. The van der Waals surface area contributed by atoms with Crippen LogP contribution in [0.25, 0.3) is 0 Å². The van der Waals surface area contributed by atoms with E-state index >= 15 is 0 Å². The molecule has 0 unspecified atom stereocenters. The lowest BCUT2D eigenvalue weighted by molar-refractivity contribution is -0.141. The highest BCUT2D eigenvalue weighted by Gasteiger charge is 2.33. The molecule has 0 saturated heterocycles. The van der Waals surface area contributed by atoms with Gasteiger partial charge in [0.25, 0.3) is 5.91 Å². The van der Waals surface area contributed by atoms with Gasteiger partial charge < -0.3 is 5.32 Å². The van der Waals surface area contributed by atoms with E-state index in [0.29, 0.717) is 14.9 Å². The molecule has 10 heteroatoms. The smallest absolute Gasteiger partial charge is 0.319 e. The van der Waals surface area contributed by atoms with Crippen LogP contribution in [0.5, 0.6) is 0 Å². The van der Waals surface area contributed by atoms with E-state index in [0.717, 1.165) is 22.1 Å². The topological polar surface area (TPSA) is 46.9 Å². The zero-order chi connectivity index (χ0) is 18.9. The van der Waals surface area contributed by atoms with Crippen molar-refractivity contribution in [2.45, 2.75) is 12.7 Å². The third-order valence-corrected chi connectivity index (χ3v) is 4.80. The summed E-state index contributed by atoms with van der Waals surface area (Å²) in [5.74, 6) is -1.08. The van der Waals surface area contributed by atoms with Crippen LogP contribution >= 0.6 is 27.3 Å². The lowest BCUT2D eigenvalue weighted by Crippen LogP contribution is -2.11. The number of hydrogen-bond acceptors (Lipinski definition) is 3.